The molecular formula is C13H15ClN2O. The van der Waals surface area contributed by atoms with E-state index in [4.69, 9.17) is 16.3 Å². The van der Waals surface area contributed by atoms with E-state index in [2.05, 4.69) is 5.10 Å². The van der Waals surface area contributed by atoms with Crippen LogP contribution in [-0.2, 0) is 4.74 Å². The highest BCUT2D eigenvalue weighted by atomic mass is 35.5. The molecule has 1 aliphatic heterocycles. The maximum absolute atomic E-state index is 6.11. The molecule has 0 amide bonds. The Hall–Kier alpha value is -1.06. The van der Waals surface area contributed by atoms with Crippen molar-refractivity contribution >= 4 is 22.5 Å². The Bertz CT molecular complexity index is 544. The van der Waals surface area contributed by atoms with E-state index in [1.165, 1.54) is 6.42 Å². The molecule has 1 atom stereocenters. The van der Waals surface area contributed by atoms with Crippen molar-refractivity contribution in [2.24, 2.45) is 0 Å². The minimum atomic E-state index is 0.0850. The molecule has 17 heavy (non-hydrogen) atoms. The molecule has 1 aromatic heterocycles. The third-order valence-electron chi connectivity index (χ3n) is 3.41. The molecule has 1 unspecified atom stereocenters. The standard InChI is InChI=1S/C13H15ClN2O/c1-9-10-8-15-16(12(10)6-5-11(9)14)13-4-2-3-7-17-13/h5-6,8,13H,2-4,7H2,1H3. The zero-order valence-corrected chi connectivity index (χ0v) is 10.6. The van der Waals surface area contributed by atoms with Crippen LogP contribution < -0.4 is 0 Å². The van der Waals surface area contributed by atoms with Gasteiger partial charge in [-0.05, 0) is 43.9 Å². The Morgan fingerprint density at radius 3 is 3.06 bits per heavy atom. The maximum Gasteiger partial charge on any atom is 0.150 e. The smallest absolute Gasteiger partial charge is 0.150 e. The fraction of sp³-hybridized carbons (Fsp3) is 0.462. The van der Waals surface area contributed by atoms with Gasteiger partial charge in [0.05, 0.1) is 11.7 Å². The van der Waals surface area contributed by atoms with Crippen LogP contribution in [0.25, 0.3) is 10.9 Å². The molecule has 2 aromatic rings. The van der Waals surface area contributed by atoms with Gasteiger partial charge in [-0.1, -0.05) is 11.6 Å². The summed E-state index contributed by atoms with van der Waals surface area (Å²) in [5, 5.41) is 6.36. The molecule has 4 heteroatoms. The van der Waals surface area contributed by atoms with Gasteiger partial charge in [-0.25, -0.2) is 4.68 Å². The van der Waals surface area contributed by atoms with Gasteiger partial charge < -0.3 is 4.74 Å². The minimum Gasteiger partial charge on any atom is -0.356 e. The summed E-state index contributed by atoms with van der Waals surface area (Å²) in [7, 11) is 0. The molecule has 3 rings (SSSR count). The van der Waals surface area contributed by atoms with Gasteiger partial charge in [-0.2, -0.15) is 5.10 Å². The van der Waals surface area contributed by atoms with Crippen molar-refractivity contribution < 1.29 is 4.74 Å². The van der Waals surface area contributed by atoms with E-state index in [9.17, 15) is 0 Å². The van der Waals surface area contributed by atoms with E-state index in [0.29, 0.717) is 0 Å². The summed E-state index contributed by atoms with van der Waals surface area (Å²) >= 11 is 6.11. The van der Waals surface area contributed by atoms with Crippen molar-refractivity contribution in [3.63, 3.8) is 0 Å². The number of ether oxygens (including phenoxy) is 1. The normalized spacial score (nSPS) is 20.9. The molecule has 3 nitrogen and oxygen atoms in total. The fourth-order valence-corrected chi connectivity index (χ4v) is 2.54. The van der Waals surface area contributed by atoms with Gasteiger partial charge in [0.1, 0.15) is 0 Å². The van der Waals surface area contributed by atoms with Crippen molar-refractivity contribution in [2.45, 2.75) is 32.4 Å². The second-order valence-corrected chi connectivity index (χ2v) is 4.92. The number of halogens is 1. The molecule has 1 aliphatic rings. The average Bonchev–Trinajstić information content (AvgIpc) is 2.79. The number of nitrogens with zero attached hydrogens (tertiary/aromatic N) is 2. The van der Waals surface area contributed by atoms with E-state index < -0.39 is 0 Å². The lowest BCUT2D eigenvalue weighted by molar-refractivity contribution is -0.0366. The van der Waals surface area contributed by atoms with E-state index in [-0.39, 0.29) is 6.23 Å². The van der Waals surface area contributed by atoms with Crippen LogP contribution in [-0.4, -0.2) is 16.4 Å². The second-order valence-electron chi connectivity index (χ2n) is 4.52. The number of aromatic nitrogens is 2. The highest BCUT2D eigenvalue weighted by molar-refractivity contribution is 6.32. The first-order valence-electron chi connectivity index (χ1n) is 6.01. The number of hydrogen-bond acceptors (Lipinski definition) is 2. The van der Waals surface area contributed by atoms with Crippen molar-refractivity contribution in [3.8, 4) is 0 Å². The molecule has 0 radical (unpaired) electrons. The van der Waals surface area contributed by atoms with Gasteiger partial charge in [0.2, 0.25) is 0 Å². The summed E-state index contributed by atoms with van der Waals surface area (Å²) in [5.74, 6) is 0. The van der Waals surface area contributed by atoms with Crippen LogP contribution in [0.4, 0.5) is 0 Å². The Morgan fingerprint density at radius 1 is 1.41 bits per heavy atom. The van der Waals surface area contributed by atoms with E-state index in [1.54, 1.807) is 0 Å². The summed E-state index contributed by atoms with van der Waals surface area (Å²) in [6, 6.07) is 3.95. The summed E-state index contributed by atoms with van der Waals surface area (Å²) in [4.78, 5) is 0. The molecule has 0 saturated carbocycles. The van der Waals surface area contributed by atoms with Gasteiger partial charge in [-0.3, -0.25) is 0 Å². The number of rotatable bonds is 1. The van der Waals surface area contributed by atoms with Crippen molar-refractivity contribution in [1.29, 1.82) is 0 Å². The summed E-state index contributed by atoms with van der Waals surface area (Å²) < 4.78 is 7.75. The molecule has 2 heterocycles. The predicted octanol–water partition coefficient (Wildman–Crippen LogP) is 3.70. The Morgan fingerprint density at radius 2 is 2.29 bits per heavy atom. The first kappa shape index (κ1) is 11.1. The highest BCUT2D eigenvalue weighted by Gasteiger charge is 2.19. The second kappa shape index (κ2) is 4.31. The zero-order valence-electron chi connectivity index (χ0n) is 9.82. The molecule has 0 bridgehead atoms. The third-order valence-corrected chi connectivity index (χ3v) is 3.82. The van der Waals surface area contributed by atoms with Crippen molar-refractivity contribution in [1.82, 2.24) is 9.78 Å². The van der Waals surface area contributed by atoms with Crippen LogP contribution in [0.2, 0.25) is 5.02 Å². The fourth-order valence-electron chi connectivity index (χ4n) is 2.38. The highest BCUT2D eigenvalue weighted by Crippen LogP contribution is 2.29. The van der Waals surface area contributed by atoms with Crippen LogP contribution in [0.5, 0.6) is 0 Å². The quantitative estimate of drug-likeness (QED) is 0.772. The molecule has 1 fully saturated rings. The van der Waals surface area contributed by atoms with E-state index in [0.717, 1.165) is 40.9 Å². The first-order chi connectivity index (χ1) is 8.27. The lowest BCUT2D eigenvalue weighted by atomic mass is 10.1. The molecule has 0 spiro atoms. The number of aryl methyl sites for hydroxylation is 1. The molecular weight excluding hydrogens is 236 g/mol. The van der Waals surface area contributed by atoms with E-state index in [1.807, 2.05) is 29.9 Å². The van der Waals surface area contributed by atoms with Gasteiger partial charge >= 0.3 is 0 Å². The van der Waals surface area contributed by atoms with Crippen LogP contribution >= 0.6 is 11.6 Å². The van der Waals surface area contributed by atoms with Gasteiger partial charge in [0, 0.05) is 17.0 Å². The summed E-state index contributed by atoms with van der Waals surface area (Å²) in [5.41, 5.74) is 2.20. The molecule has 0 aliphatic carbocycles. The molecule has 1 aromatic carbocycles. The third kappa shape index (κ3) is 1.83. The largest absolute Gasteiger partial charge is 0.356 e. The van der Waals surface area contributed by atoms with Crippen LogP contribution in [0.3, 0.4) is 0 Å². The molecule has 1 saturated heterocycles. The zero-order chi connectivity index (χ0) is 11.8. The number of hydrogen-bond donors (Lipinski definition) is 0. The predicted molar refractivity (Wildman–Crippen MR) is 68.3 cm³/mol. The average molecular weight is 251 g/mol. The van der Waals surface area contributed by atoms with Crippen LogP contribution in [0, 0.1) is 6.92 Å². The SMILES string of the molecule is Cc1c(Cl)ccc2c1cnn2C1CCCCO1. The van der Waals surface area contributed by atoms with Crippen molar-refractivity contribution in [3.05, 3.63) is 28.9 Å². The first-order valence-corrected chi connectivity index (χ1v) is 6.39. The lowest BCUT2D eigenvalue weighted by Gasteiger charge is -2.23. The number of benzene rings is 1. The summed E-state index contributed by atoms with van der Waals surface area (Å²) in [6.45, 7) is 2.86. The lowest BCUT2D eigenvalue weighted by Crippen LogP contribution is -2.18. The maximum atomic E-state index is 6.11. The van der Waals surface area contributed by atoms with E-state index >= 15 is 0 Å². The Balaban J connectivity index is 2.08. The molecule has 90 valence electrons. The van der Waals surface area contributed by atoms with Gasteiger partial charge in [0.15, 0.2) is 6.23 Å². The number of fused-ring (bicyclic) bond motifs is 1. The Labute approximate surface area is 105 Å². The Kier molecular flexibility index (Phi) is 2.81. The van der Waals surface area contributed by atoms with Crippen LogP contribution in [0.1, 0.15) is 31.1 Å². The monoisotopic (exact) mass is 250 g/mol. The molecule has 0 N–H and O–H groups in total. The van der Waals surface area contributed by atoms with Gasteiger partial charge in [-0.15, -0.1) is 0 Å². The topological polar surface area (TPSA) is 27.1 Å². The minimum absolute atomic E-state index is 0.0850. The van der Waals surface area contributed by atoms with Crippen LogP contribution in [0.15, 0.2) is 18.3 Å². The van der Waals surface area contributed by atoms with Gasteiger partial charge in [0.25, 0.3) is 0 Å². The summed E-state index contributed by atoms with van der Waals surface area (Å²) in [6.07, 6.45) is 5.37. The van der Waals surface area contributed by atoms with Crippen molar-refractivity contribution in [2.75, 3.05) is 6.61 Å².